The molecule has 0 saturated carbocycles. The van der Waals surface area contributed by atoms with E-state index in [2.05, 4.69) is 26.3 Å². The first kappa shape index (κ1) is 24.0. The molecule has 1 aliphatic rings. The maximum atomic E-state index is 12.0. The third-order valence-corrected chi connectivity index (χ3v) is 6.59. The predicted molar refractivity (Wildman–Crippen MR) is 133 cm³/mol. The molecule has 178 valence electrons. The Morgan fingerprint density at radius 3 is 2.51 bits per heavy atom. The molecule has 2 heterocycles. The summed E-state index contributed by atoms with van der Waals surface area (Å²) in [4.78, 5) is 11.0. The Hall–Kier alpha value is -4.19. The molecule has 2 aromatic carbocycles. The number of nitrogens with zero attached hydrogens (tertiary/aromatic N) is 6. The molecular formula is C24H23N7O3S. The number of aromatic nitrogens is 2. The number of nitriles is 2. The van der Waals surface area contributed by atoms with Gasteiger partial charge in [0.1, 0.15) is 12.6 Å². The molecule has 1 saturated heterocycles. The lowest BCUT2D eigenvalue weighted by atomic mass is 10.1. The molecule has 1 aliphatic heterocycles. The monoisotopic (exact) mass is 489 g/mol. The molecule has 1 fully saturated rings. The van der Waals surface area contributed by atoms with Crippen molar-refractivity contribution in [3.05, 3.63) is 60.3 Å². The van der Waals surface area contributed by atoms with Gasteiger partial charge in [0, 0.05) is 30.5 Å². The highest BCUT2D eigenvalue weighted by Crippen LogP contribution is 2.27. The molecule has 1 aromatic heterocycles. The Balaban J connectivity index is 1.54. The van der Waals surface area contributed by atoms with Gasteiger partial charge < -0.3 is 15.0 Å². The van der Waals surface area contributed by atoms with E-state index in [1.54, 1.807) is 42.6 Å². The van der Waals surface area contributed by atoms with E-state index in [1.807, 2.05) is 18.2 Å². The number of anilines is 4. The zero-order chi connectivity index (χ0) is 24.8. The quantitative estimate of drug-likeness (QED) is 0.497. The van der Waals surface area contributed by atoms with Crippen LogP contribution in [0.5, 0.6) is 0 Å². The van der Waals surface area contributed by atoms with Gasteiger partial charge in [-0.1, -0.05) is 12.1 Å². The van der Waals surface area contributed by atoms with E-state index in [0.717, 1.165) is 34.9 Å². The Kier molecular flexibility index (Phi) is 7.11. The summed E-state index contributed by atoms with van der Waals surface area (Å²) < 4.78 is 30.4. The number of hydrogen-bond acceptors (Lipinski definition) is 9. The number of rotatable bonds is 7. The minimum absolute atomic E-state index is 0.269. The van der Waals surface area contributed by atoms with Gasteiger partial charge >= 0.3 is 0 Å². The molecule has 1 N–H and O–H groups in total. The van der Waals surface area contributed by atoms with Crippen LogP contribution in [0.1, 0.15) is 5.56 Å². The Morgan fingerprint density at radius 2 is 1.86 bits per heavy atom. The molecule has 0 unspecified atom stereocenters. The SMILES string of the molecule is CS(=O)(=O)N(CC#N)c1ccc(-c2ccnc(Nc3ccc(N4CCOCC4)c(C#N)c3)n2)cc1. The predicted octanol–water partition coefficient (Wildman–Crippen LogP) is 2.89. The highest BCUT2D eigenvalue weighted by molar-refractivity contribution is 7.92. The smallest absolute Gasteiger partial charge is 0.233 e. The molecule has 0 bridgehead atoms. The van der Waals surface area contributed by atoms with Crippen LogP contribution in [0.3, 0.4) is 0 Å². The van der Waals surface area contributed by atoms with Crippen LogP contribution >= 0.6 is 0 Å². The molecule has 0 atom stereocenters. The summed E-state index contributed by atoms with van der Waals surface area (Å²) in [7, 11) is -3.57. The second kappa shape index (κ2) is 10.4. The number of morpholine rings is 1. The summed E-state index contributed by atoms with van der Waals surface area (Å²) in [6, 6.07) is 18.2. The van der Waals surface area contributed by atoms with Gasteiger partial charge in [-0.25, -0.2) is 18.4 Å². The molecule has 4 rings (SSSR count). The summed E-state index contributed by atoms with van der Waals surface area (Å²) >= 11 is 0. The summed E-state index contributed by atoms with van der Waals surface area (Å²) in [5, 5.41) is 21.8. The Labute approximate surface area is 204 Å². The van der Waals surface area contributed by atoms with Crippen molar-refractivity contribution in [1.82, 2.24) is 9.97 Å². The Bertz CT molecular complexity index is 1390. The molecular weight excluding hydrogens is 466 g/mol. The highest BCUT2D eigenvalue weighted by atomic mass is 32.2. The molecule has 11 heteroatoms. The van der Waals surface area contributed by atoms with Crippen molar-refractivity contribution in [2.45, 2.75) is 0 Å². The fourth-order valence-corrected chi connectivity index (χ4v) is 4.55. The lowest BCUT2D eigenvalue weighted by Gasteiger charge is -2.29. The topological polar surface area (TPSA) is 135 Å². The van der Waals surface area contributed by atoms with Crippen molar-refractivity contribution in [3.63, 3.8) is 0 Å². The summed E-state index contributed by atoms with van der Waals surface area (Å²) in [6.07, 6.45) is 2.68. The second-order valence-corrected chi connectivity index (χ2v) is 9.72. The van der Waals surface area contributed by atoms with Crippen LogP contribution in [-0.2, 0) is 14.8 Å². The van der Waals surface area contributed by atoms with Crippen molar-refractivity contribution in [2.24, 2.45) is 0 Å². The van der Waals surface area contributed by atoms with E-state index in [4.69, 9.17) is 10.00 Å². The zero-order valence-electron chi connectivity index (χ0n) is 19.0. The van der Waals surface area contributed by atoms with Gasteiger partial charge in [-0.2, -0.15) is 10.5 Å². The van der Waals surface area contributed by atoms with Crippen molar-refractivity contribution >= 4 is 33.0 Å². The molecule has 0 aliphatic carbocycles. The fourth-order valence-electron chi connectivity index (χ4n) is 3.75. The standard InChI is InChI=1S/C24H23N7O3S/c1-35(32,33)31(11-9-25)21-5-2-18(3-6-21)22-8-10-27-24(29-22)28-20-4-7-23(19(16-20)17-26)30-12-14-34-15-13-30/h2-8,10,16H,11-15H2,1H3,(H,27,28,29). The lowest BCUT2D eigenvalue weighted by Crippen LogP contribution is -2.36. The molecule has 35 heavy (non-hydrogen) atoms. The lowest BCUT2D eigenvalue weighted by molar-refractivity contribution is 0.122. The van der Waals surface area contributed by atoms with Crippen LogP contribution in [-0.4, -0.2) is 57.5 Å². The molecule has 3 aromatic rings. The average Bonchev–Trinajstić information content (AvgIpc) is 2.87. The van der Waals surface area contributed by atoms with Crippen molar-refractivity contribution in [3.8, 4) is 23.4 Å². The first-order valence-electron chi connectivity index (χ1n) is 10.8. The van der Waals surface area contributed by atoms with Crippen LogP contribution in [0.2, 0.25) is 0 Å². The summed E-state index contributed by atoms with van der Waals surface area (Å²) in [5.41, 5.74) is 3.89. The summed E-state index contributed by atoms with van der Waals surface area (Å²) in [6.45, 7) is 2.48. The van der Waals surface area contributed by atoms with E-state index in [-0.39, 0.29) is 6.54 Å². The number of sulfonamides is 1. The van der Waals surface area contributed by atoms with Crippen molar-refractivity contribution in [1.29, 1.82) is 10.5 Å². The van der Waals surface area contributed by atoms with Crippen LogP contribution in [0.25, 0.3) is 11.3 Å². The van der Waals surface area contributed by atoms with Gasteiger partial charge in [-0.3, -0.25) is 4.31 Å². The van der Waals surface area contributed by atoms with Gasteiger partial charge in [0.25, 0.3) is 0 Å². The number of benzene rings is 2. The summed E-state index contributed by atoms with van der Waals surface area (Å²) in [5.74, 6) is 0.358. The van der Waals surface area contributed by atoms with E-state index in [9.17, 15) is 13.7 Å². The van der Waals surface area contributed by atoms with Gasteiger partial charge in [-0.15, -0.1) is 0 Å². The van der Waals surface area contributed by atoms with E-state index in [1.165, 1.54) is 0 Å². The van der Waals surface area contributed by atoms with Gasteiger partial charge in [0.15, 0.2) is 0 Å². The van der Waals surface area contributed by atoms with E-state index >= 15 is 0 Å². The number of hydrogen-bond donors (Lipinski definition) is 1. The number of ether oxygens (including phenoxy) is 1. The van der Waals surface area contributed by atoms with Crippen LogP contribution in [0.4, 0.5) is 23.0 Å². The Morgan fingerprint density at radius 1 is 1.11 bits per heavy atom. The molecule has 0 amide bonds. The molecule has 10 nitrogen and oxygen atoms in total. The minimum Gasteiger partial charge on any atom is -0.378 e. The van der Waals surface area contributed by atoms with Crippen LogP contribution in [0, 0.1) is 22.7 Å². The zero-order valence-corrected chi connectivity index (χ0v) is 19.9. The first-order valence-corrected chi connectivity index (χ1v) is 12.7. The minimum atomic E-state index is -3.57. The third-order valence-electron chi connectivity index (χ3n) is 5.45. The van der Waals surface area contributed by atoms with E-state index < -0.39 is 10.0 Å². The van der Waals surface area contributed by atoms with Gasteiger partial charge in [0.2, 0.25) is 16.0 Å². The normalized spacial score (nSPS) is 13.5. The maximum absolute atomic E-state index is 12.0. The third kappa shape index (κ3) is 5.66. The molecule has 0 spiro atoms. The van der Waals surface area contributed by atoms with Gasteiger partial charge in [-0.05, 0) is 36.4 Å². The number of nitrogens with one attached hydrogen (secondary N) is 1. The first-order chi connectivity index (χ1) is 16.9. The largest absolute Gasteiger partial charge is 0.378 e. The van der Waals surface area contributed by atoms with Crippen molar-refractivity contribution < 1.29 is 13.2 Å². The maximum Gasteiger partial charge on any atom is 0.233 e. The van der Waals surface area contributed by atoms with Crippen LogP contribution < -0.4 is 14.5 Å². The van der Waals surface area contributed by atoms with Gasteiger partial charge in [0.05, 0.1) is 48.2 Å². The second-order valence-electron chi connectivity index (χ2n) is 7.81. The van der Waals surface area contributed by atoms with Crippen LogP contribution in [0.15, 0.2) is 54.7 Å². The molecule has 0 radical (unpaired) electrons. The van der Waals surface area contributed by atoms with Crippen molar-refractivity contribution in [2.75, 3.05) is 53.6 Å². The van der Waals surface area contributed by atoms with E-state index in [0.29, 0.717) is 41.8 Å². The fraction of sp³-hybridized carbons (Fsp3) is 0.250. The highest BCUT2D eigenvalue weighted by Gasteiger charge is 2.18. The average molecular weight is 490 g/mol.